The van der Waals surface area contributed by atoms with Gasteiger partial charge in [-0.2, -0.15) is 0 Å². The first-order chi connectivity index (χ1) is 21.1. The second-order valence-electron chi connectivity index (χ2n) is 12.1. The van der Waals surface area contributed by atoms with E-state index >= 15 is 0 Å². The van der Waals surface area contributed by atoms with Crippen LogP contribution in [0.2, 0.25) is 0 Å². The summed E-state index contributed by atoms with van der Waals surface area (Å²) in [6.07, 6.45) is 4.67. The summed E-state index contributed by atoms with van der Waals surface area (Å²) in [5.41, 5.74) is 0.418. The lowest BCUT2D eigenvalue weighted by atomic mass is 9.83. The molecular formula is C33H44N4O6S. The van der Waals surface area contributed by atoms with E-state index < -0.39 is 21.7 Å². The Balaban J connectivity index is 1.22. The van der Waals surface area contributed by atoms with Crippen LogP contribution in [0.5, 0.6) is 0 Å². The van der Waals surface area contributed by atoms with Crippen molar-refractivity contribution >= 4 is 21.8 Å². The molecule has 0 spiro atoms. The van der Waals surface area contributed by atoms with Crippen molar-refractivity contribution in [1.29, 1.82) is 0 Å². The Hall–Kier alpha value is -3.09. The number of rotatable bonds is 11. The molecule has 238 valence electrons. The van der Waals surface area contributed by atoms with E-state index in [1.807, 2.05) is 35.2 Å². The summed E-state index contributed by atoms with van der Waals surface area (Å²) in [6, 6.07) is 16.1. The van der Waals surface area contributed by atoms with Gasteiger partial charge in [0, 0.05) is 51.3 Å². The molecule has 2 aromatic rings. The van der Waals surface area contributed by atoms with Crippen molar-refractivity contribution < 1.29 is 27.9 Å². The number of benzene rings is 2. The molecule has 3 fully saturated rings. The molecule has 11 heteroatoms. The highest BCUT2D eigenvalue weighted by Crippen LogP contribution is 2.39. The number of carbonyl (C=O) groups is 2. The minimum absolute atomic E-state index is 0.0231. The summed E-state index contributed by atoms with van der Waals surface area (Å²) in [6.45, 7) is 7.80. The lowest BCUT2D eigenvalue weighted by Crippen LogP contribution is -2.50. The maximum absolute atomic E-state index is 13.4. The quantitative estimate of drug-likeness (QED) is 0.368. The van der Waals surface area contributed by atoms with Gasteiger partial charge >= 0.3 is 0 Å². The summed E-state index contributed by atoms with van der Waals surface area (Å²) in [5.74, 6) is -0.215. The maximum atomic E-state index is 13.4. The standard InChI is InChI=1S/C33H44N4O6S/c1-3-17-37(31(38)21-25-11-13-29(14-12-25)44(41,42)34-2)28-15-18-35(19-16-28)22-27-23-36(32(39)30-10-7-20-43-30)24-33(27,40)26-8-5-4-6-9-26/h3-6,8-9,11-14,27-28,30,34,40H,1,7,10,15-24H2,2H3/t27-,30-,33-/m0/s1. The number of hydrogen-bond acceptors (Lipinski definition) is 7. The van der Waals surface area contributed by atoms with E-state index in [4.69, 9.17) is 4.74 Å². The van der Waals surface area contributed by atoms with Crippen molar-refractivity contribution in [3.05, 3.63) is 78.4 Å². The molecule has 2 amide bonds. The molecule has 3 aliphatic heterocycles. The van der Waals surface area contributed by atoms with Gasteiger partial charge < -0.3 is 24.5 Å². The molecule has 2 N–H and O–H groups in total. The van der Waals surface area contributed by atoms with E-state index in [9.17, 15) is 23.1 Å². The number of nitrogens with one attached hydrogen (secondary N) is 1. The van der Waals surface area contributed by atoms with Gasteiger partial charge in [0.2, 0.25) is 15.9 Å². The summed E-state index contributed by atoms with van der Waals surface area (Å²) in [4.78, 5) is 32.8. The molecule has 10 nitrogen and oxygen atoms in total. The minimum atomic E-state index is -3.54. The fraction of sp³-hybridized carbons (Fsp3) is 0.515. The third kappa shape index (κ3) is 7.07. The zero-order valence-corrected chi connectivity index (χ0v) is 26.3. The van der Waals surface area contributed by atoms with E-state index in [2.05, 4.69) is 16.2 Å². The molecule has 0 bridgehead atoms. The number of likely N-dealkylation sites (tertiary alicyclic amines) is 2. The first kappa shape index (κ1) is 32.3. The smallest absolute Gasteiger partial charge is 0.251 e. The first-order valence-corrected chi connectivity index (χ1v) is 17.0. The fourth-order valence-electron chi connectivity index (χ4n) is 6.81. The molecule has 2 aromatic carbocycles. The number of aliphatic hydroxyl groups is 1. The SMILES string of the molecule is C=CCN(C(=O)Cc1ccc(S(=O)(=O)NC)cc1)C1CCN(C[C@H]2CN(C(=O)[C@@H]3CCCO3)C[C@]2(O)c2ccccc2)CC1. The van der Waals surface area contributed by atoms with Crippen LogP contribution in [-0.2, 0) is 36.4 Å². The molecule has 0 aliphatic carbocycles. The van der Waals surface area contributed by atoms with Crippen molar-refractivity contribution in [3.8, 4) is 0 Å². The molecule has 44 heavy (non-hydrogen) atoms. The van der Waals surface area contributed by atoms with Crippen LogP contribution in [0, 0.1) is 5.92 Å². The number of amides is 2. The molecule has 5 rings (SSSR count). The highest BCUT2D eigenvalue weighted by Gasteiger charge is 2.49. The second-order valence-corrected chi connectivity index (χ2v) is 14.0. The van der Waals surface area contributed by atoms with Crippen LogP contribution in [0.4, 0.5) is 0 Å². The Bertz CT molecular complexity index is 1410. The summed E-state index contributed by atoms with van der Waals surface area (Å²) in [5, 5.41) is 12.1. The minimum Gasteiger partial charge on any atom is -0.383 e. The average Bonchev–Trinajstić information content (AvgIpc) is 3.70. The number of nitrogens with zero attached hydrogens (tertiary/aromatic N) is 3. The highest BCUT2D eigenvalue weighted by molar-refractivity contribution is 7.89. The van der Waals surface area contributed by atoms with Gasteiger partial charge in [0.25, 0.3) is 5.91 Å². The second kappa shape index (κ2) is 13.9. The monoisotopic (exact) mass is 624 g/mol. The Kier molecular flexibility index (Phi) is 10.2. The van der Waals surface area contributed by atoms with E-state index in [1.165, 1.54) is 19.2 Å². The van der Waals surface area contributed by atoms with E-state index in [0.29, 0.717) is 26.2 Å². The van der Waals surface area contributed by atoms with Crippen LogP contribution >= 0.6 is 0 Å². The third-order valence-electron chi connectivity index (χ3n) is 9.32. The number of β-amino-alcohol motifs (C(OH)–C–C–N with tert-alkyl or cyclic N) is 1. The Labute approximate surface area is 260 Å². The lowest BCUT2D eigenvalue weighted by Gasteiger charge is -2.40. The Morgan fingerprint density at radius 2 is 1.82 bits per heavy atom. The van der Waals surface area contributed by atoms with Crippen molar-refractivity contribution in [1.82, 2.24) is 19.4 Å². The Morgan fingerprint density at radius 1 is 1.11 bits per heavy atom. The van der Waals surface area contributed by atoms with Crippen molar-refractivity contribution in [2.75, 3.05) is 52.9 Å². The van der Waals surface area contributed by atoms with E-state index in [1.54, 1.807) is 23.1 Å². The molecule has 0 saturated carbocycles. The summed E-state index contributed by atoms with van der Waals surface area (Å²) < 4.78 is 32.1. The number of sulfonamides is 1. The number of piperidine rings is 1. The number of hydrogen-bond donors (Lipinski definition) is 2. The summed E-state index contributed by atoms with van der Waals surface area (Å²) >= 11 is 0. The molecule has 3 atom stereocenters. The van der Waals surface area contributed by atoms with Crippen LogP contribution in [0.15, 0.2) is 72.1 Å². The average molecular weight is 625 g/mol. The predicted molar refractivity (Wildman–Crippen MR) is 167 cm³/mol. The van der Waals surface area contributed by atoms with Gasteiger partial charge in [-0.15, -0.1) is 6.58 Å². The summed E-state index contributed by atoms with van der Waals surface area (Å²) in [7, 11) is -2.17. The van der Waals surface area contributed by atoms with Gasteiger partial charge in [0.15, 0.2) is 0 Å². The van der Waals surface area contributed by atoms with Gasteiger partial charge in [0.05, 0.1) is 17.9 Å². The molecule has 3 heterocycles. The van der Waals surface area contributed by atoms with Gasteiger partial charge in [0.1, 0.15) is 11.7 Å². The third-order valence-corrected chi connectivity index (χ3v) is 10.7. The van der Waals surface area contributed by atoms with Crippen molar-refractivity contribution in [3.63, 3.8) is 0 Å². The fourth-order valence-corrected chi connectivity index (χ4v) is 7.54. The van der Waals surface area contributed by atoms with E-state index in [0.717, 1.165) is 49.9 Å². The largest absolute Gasteiger partial charge is 0.383 e. The van der Waals surface area contributed by atoms with Gasteiger partial charge in [-0.25, -0.2) is 13.1 Å². The molecule has 0 radical (unpaired) electrons. The maximum Gasteiger partial charge on any atom is 0.251 e. The first-order valence-electron chi connectivity index (χ1n) is 15.5. The van der Waals surface area contributed by atoms with Crippen LogP contribution < -0.4 is 4.72 Å². The Morgan fingerprint density at radius 3 is 2.43 bits per heavy atom. The highest BCUT2D eigenvalue weighted by atomic mass is 32.2. The molecular weight excluding hydrogens is 580 g/mol. The predicted octanol–water partition coefficient (Wildman–Crippen LogP) is 2.14. The zero-order chi connectivity index (χ0) is 31.3. The number of carbonyl (C=O) groups excluding carboxylic acids is 2. The number of ether oxygens (including phenoxy) is 1. The van der Waals surface area contributed by atoms with Crippen molar-refractivity contribution in [2.45, 2.75) is 54.7 Å². The van der Waals surface area contributed by atoms with Crippen LogP contribution in [0.3, 0.4) is 0 Å². The van der Waals surface area contributed by atoms with Gasteiger partial charge in [-0.3, -0.25) is 9.59 Å². The molecule has 0 aromatic heterocycles. The zero-order valence-electron chi connectivity index (χ0n) is 25.4. The van der Waals surface area contributed by atoms with Crippen LogP contribution in [0.1, 0.15) is 36.8 Å². The topological polar surface area (TPSA) is 119 Å². The van der Waals surface area contributed by atoms with Gasteiger partial charge in [-0.05, 0) is 56.0 Å². The lowest BCUT2D eigenvalue weighted by molar-refractivity contribution is -0.140. The van der Waals surface area contributed by atoms with E-state index in [-0.39, 0.29) is 41.6 Å². The van der Waals surface area contributed by atoms with Gasteiger partial charge in [-0.1, -0.05) is 48.5 Å². The molecule has 3 saturated heterocycles. The normalized spacial score (nSPS) is 24.8. The molecule has 0 unspecified atom stereocenters. The van der Waals surface area contributed by atoms with Crippen molar-refractivity contribution in [2.24, 2.45) is 5.92 Å². The van der Waals surface area contributed by atoms with Crippen LogP contribution in [-0.4, -0.2) is 105 Å². The van der Waals surface area contributed by atoms with Crippen LogP contribution in [0.25, 0.3) is 0 Å². The molecule has 3 aliphatic rings.